The van der Waals surface area contributed by atoms with Crippen LogP contribution in [0, 0.1) is 5.92 Å². The van der Waals surface area contributed by atoms with Crippen molar-refractivity contribution in [2.75, 3.05) is 39.4 Å². The van der Waals surface area contributed by atoms with E-state index in [2.05, 4.69) is 42.7 Å². The average Bonchev–Trinajstić information content (AvgIpc) is 3.02. The van der Waals surface area contributed by atoms with Crippen molar-refractivity contribution in [3.8, 4) is 0 Å². The number of piperidine rings is 1. The van der Waals surface area contributed by atoms with E-state index >= 15 is 0 Å². The molecule has 6 rings (SSSR count). The Morgan fingerprint density at radius 1 is 1.03 bits per heavy atom. The van der Waals surface area contributed by atoms with E-state index < -0.39 is 0 Å². The fourth-order valence-corrected chi connectivity index (χ4v) is 5.93. The first-order valence-corrected chi connectivity index (χ1v) is 11.9. The molecule has 3 aromatic heterocycles. The van der Waals surface area contributed by atoms with E-state index in [0.29, 0.717) is 11.8 Å². The Morgan fingerprint density at radius 3 is 2.94 bits per heavy atom. The number of rotatable bonds is 4. The Morgan fingerprint density at radius 2 is 1.97 bits per heavy atom. The smallest absolute Gasteiger partial charge is 0.255 e. The Bertz CT molecular complexity index is 1160. The monoisotopic (exact) mass is 433 g/mol. The molecule has 2 bridgehead atoms. The third-order valence-corrected chi connectivity index (χ3v) is 7.43. The van der Waals surface area contributed by atoms with Crippen LogP contribution in [0.25, 0.3) is 10.9 Å². The van der Waals surface area contributed by atoms with Gasteiger partial charge in [0.15, 0.2) is 0 Å². The first-order chi connectivity index (χ1) is 15.7. The van der Waals surface area contributed by atoms with Crippen molar-refractivity contribution < 1.29 is 4.74 Å². The van der Waals surface area contributed by atoms with Gasteiger partial charge in [0.25, 0.3) is 5.56 Å². The van der Waals surface area contributed by atoms with E-state index in [1.807, 2.05) is 18.5 Å². The highest BCUT2D eigenvalue weighted by Crippen LogP contribution is 2.36. The van der Waals surface area contributed by atoms with Crippen molar-refractivity contribution >= 4 is 10.9 Å². The van der Waals surface area contributed by atoms with Gasteiger partial charge in [0, 0.05) is 99.1 Å². The van der Waals surface area contributed by atoms with Crippen LogP contribution in [0.15, 0.2) is 41.6 Å². The molecule has 0 radical (unpaired) electrons. The van der Waals surface area contributed by atoms with Crippen molar-refractivity contribution in [3.63, 3.8) is 0 Å². The second-order valence-electron chi connectivity index (χ2n) is 9.67. The molecule has 7 heteroatoms. The van der Waals surface area contributed by atoms with Gasteiger partial charge in [-0.3, -0.25) is 19.6 Å². The molecule has 3 aliphatic heterocycles. The van der Waals surface area contributed by atoms with Crippen LogP contribution in [0.1, 0.15) is 35.6 Å². The minimum absolute atomic E-state index is 0.221. The average molecular weight is 434 g/mol. The Hall–Kier alpha value is -2.48. The summed E-state index contributed by atoms with van der Waals surface area (Å²) in [5.74, 6) is 0.961. The second kappa shape index (κ2) is 8.46. The maximum atomic E-state index is 13.4. The number of pyridine rings is 2. The minimum atomic E-state index is 0.221. The molecule has 0 aromatic carbocycles. The summed E-state index contributed by atoms with van der Waals surface area (Å²) in [5.41, 5.74) is 4.83. The Kier molecular flexibility index (Phi) is 5.33. The molecule has 7 nitrogen and oxygen atoms in total. The molecule has 3 aliphatic rings. The molecule has 1 N–H and O–H groups in total. The normalized spacial score (nSPS) is 24.4. The van der Waals surface area contributed by atoms with E-state index in [9.17, 15) is 4.79 Å². The van der Waals surface area contributed by atoms with Crippen molar-refractivity contribution in [1.82, 2.24) is 24.3 Å². The molecular weight excluding hydrogens is 402 g/mol. The molecule has 32 heavy (non-hydrogen) atoms. The summed E-state index contributed by atoms with van der Waals surface area (Å²) in [6.07, 6.45) is 8.14. The maximum absolute atomic E-state index is 13.4. The van der Waals surface area contributed by atoms with Crippen molar-refractivity contribution in [1.29, 1.82) is 0 Å². The van der Waals surface area contributed by atoms with Crippen LogP contribution in [0.2, 0.25) is 0 Å². The number of hydrogen-bond donors (Lipinski definition) is 1. The maximum Gasteiger partial charge on any atom is 0.255 e. The lowest BCUT2D eigenvalue weighted by molar-refractivity contribution is 0.114. The number of H-pyrrole nitrogens is 1. The number of hydrogen-bond acceptors (Lipinski definition) is 5. The first kappa shape index (κ1) is 20.1. The predicted octanol–water partition coefficient (Wildman–Crippen LogP) is 2.57. The van der Waals surface area contributed by atoms with E-state index in [1.165, 1.54) is 23.1 Å². The number of ether oxygens (including phenoxy) is 1. The van der Waals surface area contributed by atoms with Crippen LogP contribution in [-0.2, 0) is 24.4 Å². The summed E-state index contributed by atoms with van der Waals surface area (Å²) in [6, 6.07) is 6.35. The van der Waals surface area contributed by atoms with Crippen molar-refractivity contribution in [2.45, 2.75) is 38.4 Å². The summed E-state index contributed by atoms with van der Waals surface area (Å²) in [5, 5.41) is 1.21. The lowest BCUT2D eigenvalue weighted by Crippen LogP contribution is -2.47. The van der Waals surface area contributed by atoms with Crippen molar-refractivity contribution in [2.24, 2.45) is 5.92 Å². The molecule has 2 fully saturated rings. The highest BCUT2D eigenvalue weighted by molar-refractivity contribution is 5.81. The summed E-state index contributed by atoms with van der Waals surface area (Å²) in [7, 11) is 0. The van der Waals surface area contributed by atoms with Gasteiger partial charge in [-0.1, -0.05) is 6.07 Å². The van der Waals surface area contributed by atoms with E-state index in [0.717, 1.165) is 76.5 Å². The molecular formula is C25H31N5O2. The topological polar surface area (TPSA) is 66.4 Å². The zero-order valence-electron chi connectivity index (χ0n) is 18.5. The third kappa shape index (κ3) is 3.78. The van der Waals surface area contributed by atoms with Gasteiger partial charge in [0.2, 0.25) is 0 Å². The van der Waals surface area contributed by atoms with Crippen LogP contribution >= 0.6 is 0 Å². The van der Waals surface area contributed by atoms with Crippen LogP contribution in [0.4, 0.5) is 0 Å². The predicted molar refractivity (Wildman–Crippen MR) is 124 cm³/mol. The highest BCUT2D eigenvalue weighted by Gasteiger charge is 2.35. The second-order valence-corrected chi connectivity index (χ2v) is 9.67. The molecule has 0 spiro atoms. The molecule has 0 amide bonds. The van der Waals surface area contributed by atoms with Crippen LogP contribution in [-0.4, -0.2) is 63.7 Å². The number of likely N-dealkylation sites (tertiary alicyclic amines) is 1. The summed E-state index contributed by atoms with van der Waals surface area (Å²) < 4.78 is 7.66. The van der Waals surface area contributed by atoms with Crippen LogP contribution in [0.5, 0.6) is 0 Å². The quantitative estimate of drug-likeness (QED) is 0.685. The molecule has 2 atom stereocenters. The zero-order chi connectivity index (χ0) is 21.5. The largest absolute Gasteiger partial charge is 0.380 e. The minimum Gasteiger partial charge on any atom is -0.380 e. The van der Waals surface area contributed by atoms with E-state index in [4.69, 9.17) is 4.74 Å². The fourth-order valence-electron chi connectivity index (χ4n) is 5.93. The lowest BCUT2D eigenvalue weighted by atomic mass is 9.82. The van der Waals surface area contributed by atoms with Crippen molar-refractivity contribution in [3.05, 3.63) is 64.0 Å². The van der Waals surface area contributed by atoms with E-state index in [-0.39, 0.29) is 5.56 Å². The SMILES string of the molecule is O=c1c(CN2CCCOCC2)ccc2n1C[C@H]1C[C@@H]2CN(Cc2c[nH]c3ccncc23)C1. The number of aromatic nitrogens is 3. The van der Waals surface area contributed by atoms with Gasteiger partial charge in [-0.15, -0.1) is 0 Å². The van der Waals surface area contributed by atoms with Gasteiger partial charge in [0.05, 0.1) is 6.61 Å². The number of fused-ring (bicyclic) bond motifs is 5. The fraction of sp³-hybridized carbons (Fsp3) is 0.520. The number of aromatic amines is 1. The third-order valence-electron chi connectivity index (χ3n) is 7.43. The van der Waals surface area contributed by atoms with Gasteiger partial charge in [-0.2, -0.15) is 0 Å². The molecule has 0 saturated carbocycles. The molecule has 168 valence electrons. The Balaban J connectivity index is 1.21. The van der Waals surface area contributed by atoms with Gasteiger partial charge in [-0.25, -0.2) is 0 Å². The van der Waals surface area contributed by atoms with Gasteiger partial charge in [-0.05, 0) is 36.5 Å². The highest BCUT2D eigenvalue weighted by atomic mass is 16.5. The standard InChI is InChI=1S/C25H31N5O2/c31-25-19(15-28-6-1-8-32-9-7-28)2-3-24-20-10-18(14-30(24)25)13-29(16-20)17-21-11-27-23-4-5-26-12-22(21)23/h2-5,11-12,18,20,27H,1,6-10,13-17H2/t18-,20+/m0/s1. The zero-order valence-corrected chi connectivity index (χ0v) is 18.5. The molecule has 6 heterocycles. The molecule has 0 unspecified atom stereocenters. The molecule has 2 saturated heterocycles. The van der Waals surface area contributed by atoms with Gasteiger partial charge in [0.1, 0.15) is 0 Å². The molecule has 0 aliphatic carbocycles. The van der Waals surface area contributed by atoms with Crippen LogP contribution in [0.3, 0.4) is 0 Å². The van der Waals surface area contributed by atoms with Gasteiger partial charge < -0.3 is 14.3 Å². The summed E-state index contributed by atoms with van der Waals surface area (Å²) in [4.78, 5) is 26.0. The van der Waals surface area contributed by atoms with E-state index in [1.54, 1.807) is 0 Å². The summed E-state index contributed by atoms with van der Waals surface area (Å²) >= 11 is 0. The van der Waals surface area contributed by atoms with Gasteiger partial charge >= 0.3 is 0 Å². The summed E-state index contributed by atoms with van der Waals surface area (Å²) in [6.45, 7) is 8.06. The Labute approximate surface area is 188 Å². The number of nitrogens with zero attached hydrogens (tertiary/aromatic N) is 4. The first-order valence-electron chi connectivity index (χ1n) is 11.9. The van der Waals surface area contributed by atoms with Crippen LogP contribution < -0.4 is 5.56 Å². The number of nitrogens with one attached hydrogen (secondary N) is 1. The molecule has 3 aromatic rings. The lowest BCUT2D eigenvalue weighted by Gasteiger charge is -2.43.